The van der Waals surface area contributed by atoms with E-state index in [2.05, 4.69) is 22.5 Å². The van der Waals surface area contributed by atoms with Gasteiger partial charge in [-0.2, -0.15) is 11.8 Å². The fraction of sp³-hybridized carbons (Fsp3) is 0.500. The Hall–Kier alpha value is -0.570. The van der Waals surface area contributed by atoms with E-state index in [0.29, 0.717) is 16.8 Å². The van der Waals surface area contributed by atoms with E-state index in [9.17, 15) is 8.78 Å². The molecular weight excluding hydrogens is 407 g/mol. The second kappa shape index (κ2) is 10.2. The first kappa shape index (κ1) is 20.4. The average Bonchev–Trinajstić information content (AvgIpc) is 2.45. The van der Waals surface area contributed by atoms with Crippen LogP contribution in [-0.2, 0) is 0 Å². The minimum Gasteiger partial charge on any atom is -0.355 e. The summed E-state index contributed by atoms with van der Waals surface area (Å²) in [5.74, 6) is -1.03. The van der Waals surface area contributed by atoms with Gasteiger partial charge in [0.15, 0.2) is 17.6 Å². The molecule has 1 aromatic rings. The highest BCUT2D eigenvalue weighted by Crippen LogP contribution is 2.15. The van der Waals surface area contributed by atoms with Crippen molar-refractivity contribution in [2.24, 2.45) is 4.99 Å². The minimum atomic E-state index is -0.838. The molecular formula is C14H22F2IN3S. The SMILES string of the molecule is CN=C(NCC(C)SC)NC(C)c1ccc(F)c(F)c1.I. The highest BCUT2D eigenvalue weighted by atomic mass is 127. The van der Waals surface area contributed by atoms with E-state index in [-0.39, 0.29) is 30.0 Å². The molecule has 1 aromatic carbocycles. The van der Waals surface area contributed by atoms with Crippen molar-refractivity contribution in [2.45, 2.75) is 25.1 Å². The molecule has 0 aliphatic carbocycles. The van der Waals surface area contributed by atoms with Crippen LogP contribution in [0.3, 0.4) is 0 Å². The van der Waals surface area contributed by atoms with Crippen LogP contribution in [0, 0.1) is 11.6 Å². The topological polar surface area (TPSA) is 36.4 Å². The monoisotopic (exact) mass is 429 g/mol. The first-order chi connectivity index (χ1) is 9.47. The number of aliphatic imine (C=N–C) groups is 1. The number of nitrogens with zero attached hydrogens (tertiary/aromatic N) is 1. The van der Waals surface area contributed by atoms with Crippen LogP contribution >= 0.6 is 35.7 Å². The Balaban J connectivity index is 0.00000400. The molecule has 7 heteroatoms. The van der Waals surface area contributed by atoms with E-state index in [0.717, 1.165) is 12.6 Å². The summed E-state index contributed by atoms with van der Waals surface area (Å²) in [5.41, 5.74) is 0.671. The zero-order chi connectivity index (χ0) is 15.1. The molecule has 0 spiro atoms. The van der Waals surface area contributed by atoms with Gasteiger partial charge < -0.3 is 10.6 Å². The molecule has 0 radical (unpaired) electrons. The van der Waals surface area contributed by atoms with Crippen molar-refractivity contribution >= 4 is 41.7 Å². The highest BCUT2D eigenvalue weighted by Gasteiger charge is 2.11. The van der Waals surface area contributed by atoms with Crippen LogP contribution in [0.4, 0.5) is 8.78 Å². The largest absolute Gasteiger partial charge is 0.355 e. The summed E-state index contributed by atoms with van der Waals surface area (Å²) in [6, 6.07) is 3.73. The Kier molecular flexibility index (Phi) is 9.93. The molecule has 2 unspecified atom stereocenters. The molecule has 0 aliphatic heterocycles. The molecule has 0 aliphatic rings. The van der Waals surface area contributed by atoms with Gasteiger partial charge in [0.05, 0.1) is 6.04 Å². The predicted molar refractivity (Wildman–Crippen MR) is 97.7 cm³/mol. The van der Waals surface area contributed by atoms with Gasteiger partial charge in [0.1, 0.15) is 0 Å². The van der Waals surface area contributed by atoms with Crippen LogP contribution in [0.5, 0.6) is 0 Å². The summed E-state index contributed by atoms with van der Waals surface area (Å²) in [6.45, 7) is 4.77. The van der Waals surface area contributed by atoms with Gasteiger partial charge in [0, 0.05) is 18.8 Å². The van der Waals surface area contributed by atoms with E-state index >= 15 is 0 Å². The number of rotatable bonds is 5. The molecule has 0 amide bonds. The Morgan fingerprint density at radius 2 is 1.95 bits per heavy atom. The van der Waals surface area contributed by atoms with Crippen molar-refractivity contribution in [1.82, 2.24) is 10.6 Å². The summed E-state index contributed by atoms with van der Waals surface area (Å²) in [5, 5.41) is 6.81. The lowest BCUT2D eigenvalue weighted by Gasteiger charge is -2.19. The summed E-state index contributed by atoms with van der Waals surface area (Å²) in [7, 11) is 1.68. The predicted octanol–water partition coefficient (Wildman–Crippen LogP) is 3.56. The maximum Gasteiger partial charge on any atom is 0.191 e. The Labute approximate surface area is 146 Å². The highest BCUT2D eigenvalue weighted by molar-refractivity contribution is 14.0. The van der Waals surface area contributed by atoms with Gasteiger partial charge >= 0.3 is 0 Å². The zero-order valence-corrected chi connectivity index (χ0v) is 15.8. The molecule has 0 bridgehead atoms. The lowest BCUT2D eigenvalue weighted by atomic mass is 10.1. The number of halogens is 3. The van der Waals surface area contributed by atoms with Crippen LogP contribution in [0.2, 0.25) is 0 Å². The quantitative estimate of drug-likeness (QED) is 0.427. The van der Waals surface area contributed by atoms with Crippen molar-refractivity contribution in [2.75, 3.05) is 19.8 Å². The molecule has 1 rings (SSSR count). The maximum atomic E-state index is 13.2. The van der Waals surface area contributed by atoms with Gasteiger partial charge in [0.25, 0.3) is 0 Å². The van der Waals surface area contributed by atoms with Crippen LogP contribution < -0.4 is 10.6 Å². The summed E-state index contributed by atoms with van der Waals surface area (Å²) in [4.78, 5) is 4.12. The number of guanidine groups is 1. The number of nitrogens with one attached hydrogen (secondary N) is 2. The third-order valence-corrected chi connectivity index (χ3v) is 3.95. The van der Waals surface area contributed by atoms with E-state index in [4.69, 9.17) is 0 Å². The van der Waals surface area contributed by atoms with Crippen molar-refractivity contribution < 1.29 is 8.78 Å². The number of hydrogen-bond donors (Lipinski definition) is 2. The standard InChI is InChI=1S/C14H21F2N3S.HI/c1-9(20-4)8-18-14(17-3)19-10(2)11-5-6-12(15)13(16)7-11;/h5-7,9-10H,8H2,1-4H3,(H2,17,18,19);1H. The second-order valence-electron chi connectivity index (χ2n) is 4.54. The summed E-state index contributed by atoms with van der Waals surface area (Å²) in [6.07, 6.45) is 2.05. The average molecular weight is 429 g/mol. The molecule has 2 N–H and O–H groups in total. The summed E-state index contributed by atoms with van der Waals surface area (Å²) >= 11 is 1.76. The Morgan fingerprint density at radius 1 is 1.29 bits per heavy atom. The minimum absolute atomic E-state index is 0. The van der Waals surface area contributed by atoms with E-state index < -0.39 is 11.6 Å². The number of benzene rings is 1. The van der Waals surface area contributed by atoms with Gasteiger partial charge in [0.2, 0.25) is 0 Å². The van der Waals surface area contributed by atoms with Crippen molar-refractivity contribution in [3.63, 3.8) is 0 Å². The molecule has 0 fully saturated rings. The molecule has 3 nitrogen and oxygen atoms in total. The smallest absolute Gasteiger partial charge is 0.191 e. The van der Waals surface area contributed by atoms with Crippen molar-refractivity contribution in [3.05, 3.63) is 35.4 Å². The Bertz CT molecular complexity index is 472. The van der Waals surface area contributed by atoms with Crippen LogP contribution in [0.25, 0.3) is 0 Å². The fourth-order valence-corrected chi connectivity index (χ4v) is 1.84. The van der Waals surface area contributed by atoms with E-state index in [1.807, 2.05) is 13.2 Å². The zero-order valence-electron chi connectivity index (χ0n) is 12.6. The molecule has 0 saturated carbocycles. The van der Waals surface area contributed by atoms with Gasteiger partial charge in [-0.1, -0.05) is 13.0 Å². The molecule has 0 saturated heterocycles. The number of hydrogen-bond acceptors (Lipinski definition) is 2. The second-order valence-corrected chi connectivity index (χ2v) is 5.82. The third-order valence-electron chi connectivity index (χ3n) is 2.98. The first-order valence-corrected chi connectivity index (χ1v) is 7.71. The lowest BCUT2D eigenvalue weighted by molar-refractivity contribution is 0.504. The van der Waals surface area contributed by atoms with Gasteiger partial charge in [-0.05, 0) is 30.9 Å². The molecule has 2 atom stereocenters. The van der Waals surface area contributed by atoms with Gasteiger partial charge in [-0.3, -0.25) is 4.99 Å². The van der Waals surface area contributed by atoms with Gasteiger partial charge in [-0.15, -0.1) is 24.0 Å². The fourth-order valence-electron chi connectivity index (χ4n) is 1.59. The molecule has 0 heterocycles. The Morgan fingerprint density at radius 3 is 2.48 bits per heavy atom. The van der Waals surface area contributed by atoms with Crippen LogP contribution in [0.15, 0.2) is 23.2 Å². The third kappa shape index (κ3) is 6.82. The molecule has 21 heavy (non-hydrogen) atoms. The normalized spacial score (nSPS) is 14.1. The maximum absolute atomic E-state index is 13.2. The van der Waals surface area contributed by atoms with Crippen LogP contribution in [0.1, 0.15) is 25.5 Å². The van der Waals surface area contributed by atoms with E-state index in [1.54, 1.807) is 24.9 Å². The lowest BCUT2D eigenvalue weighted by Crippen LogP contribution is -2.41. The number of thioether (sulfide) groups is 1. The molecule has 120 valence electrons. The van der Waals surface area contributed by atoms with Crippen LogP contribution in [-0.4, -0.2) is 31.1 Å². The van der Waals surface area contributed by atoms with Crippen molar-refractivity contribution in [3.8, 4) is 0 Å². The summed E-state index contributed by atoms with van der Waals surface area (Å²) < 4.78 is 26.1. The van der Waals surface area contributed by atoms with Crippen molar-refractivity contribution in [1.29, 1.82) is 0 Å². The van der Waals surface area contributed by atoms with E-state index in [1.165, 1.54) is 6.07 Å². The first-order valence-electron chi connectivity index (χ1n) is 6.42. The van der Waals surface area contributed by atoms with Gasteiger partial charge in [-0.25, -0.2) is 8.78 Å². The molecule has 0 aromatic heterocycles.